The van der Waals surface area contributed by atoms with Gasteiger partial charge in [0, 0.05) is 23.9 Å². The van der Waals surface area contributed by atoms with E-state index in [0.29, 0.717) is 17.6 Å². The lowest BCUT2D eigenvalue weighted by atomic mass is 10.1. The smallest absolute Gasteiger partial charge is 0.251 e. The summed E-state index contributed by atoms with van der Waals surface area (Å²) in [7, 11) is 2.12. The summed E-state index contributed by atoms with van der Waals surface area (Å²) in [6, 6.07) is 5.54. The fraction of sp³-hybridized carbons (Fsp3) is 0.389. The van der Waals surface area contributed by atoms with Gasteiger partial charge in [0.2, 0.25) is 0 Å². The predicted molar refractivity (Wildman–Crippen MR) is 96.4 cm³/mol. The molecule has 0 unspecified atom stereocenters. The topological polar surface area (TPSA) is 99.7 Å². The molecule has 0 aliphatic carbocycles. The lowest BCUT2D eigenvalue weighted by molar-refractivity contribution is 0.0950. The molecule has 1 saturated heterocycles. The van der Waals surface area contributed by atoms with Gasteiger partial charge in [-0.25, -0.2) is 9.97 Å². The van der Waals surface area contributed by atoms with E-state index >= 15 is 0 Å². The van der Waals surface area contributed by atoms with Gasteiger partial charge < -0.3 is 5.32 Å². The van der Waals surface area contributed by atoms with Gasteiger partial charge in [-0.1, -0.05) is 0 Å². The van der Waals surface area contributed by atoms with Crippen molar-refractivity contribution >= 4 is 16.9 Å². The molecule has 1 aliphatic heterocycles. The molecule has 1 aliphatic rings. The maximum Gasteiger partial charge on any atom is 0.251 e. The van der Waals surface area contributed by atoms with Crippen LogP contribution < -0.4 is 5.32 Å². The minimum atomic E-state index is -0.152. The van der Waals surface area contributed by atoms with Crippen molar-refractivity contribution < 1.29 is 4.79 Å². The van der Waals surface area contributed by atoms with Crippen LogP contribution in [-0.4, -0.2) is 49.8 Å². The number of likely N-dealkylation sites (tertiary alicyclic amines) is 1. The summed E-state index contributed by atoms with van der Waals surface area (Å²) in [6.45, 7) is 3.36. The molecule has 1 aromatic carbocycles. The zero-order valence-electron chi connectivity index (χ0n) is 14.9. The Morgan fingerprint density at radius 3 is 3.00 bits per heavy atom. The van der Waals surface area contributed by atoms with Crippen molar-refractivity contribution in [2.75, 3.05) is 13.6 Å². The Balaban J connectivity index is 1.52. The Kier molecular flexibility index (Phi) is 4.34. The van der Waals surface area contributed by atoms with E-state index in [1.807, 2.05) is 13.1 Å². The highest BCUT2D eigenvalue weighted by molar-refractivity contribution is 5.97. The number of nitrogens with zero attached hydrogens (tertiary/aromatic N) is 5. The van der Waals surface area contributed by atoms with Gasteiger partial charge in [0.05, 0.1) is 11.7 Å². The Labute approximate surface area is 151 Å². The second-order valence-electron chi connectivity index (χ2n) is 6.68. The zero-order valence-corrected chi connectivity index (χ0v) is 14.9. The standard InChI is InChI=1S/C18H21N7O/c1-11-19-9-13(17(21-11)16-4-3-7-25(16)2)10-20-18(26)12-5-6-14-15(8-12)23-24-22-14/h5-6,8-9,16H,3-4,7,10H2,1-2H3,(H,20,26)(H,22,23,24)/t16-/m0/s1. The number of carbonyl (C=O) groups excluding carboxylic acids is 1. The summed E-state index contributed by atoms with van der Waals surface area (Å²) in [4.78, 5) is 23.8. The van der Waals surface area contributed by atoms with E-state index in [0.717, 1.165) is 42.0 Å². The van der Waals surface area contributed by atoms with Crippen molar-refractivity contribution in [2.45, 2.75) is 32.4 Å². The second kappa shape index (κ2) is 6.80. The van der Waals surface area contributed by atoms with Crippen molar-refractivity contribution in [3.63, 3.8) is 0 Å². The van der Waals surface area contributed by atoms with Gasteiger partial charge in [0.25, 0.3) is 5.91 Å². The number of fused-ring (bicyclic) bond motifs is 1. The van der Waals surface area contributed by atoms with E-state index in [9.17, 15) is 4.79 Å². The van der Waals surface area contributed by atoms with Crippen LogP contribution in [0.25, 0.3) is 11.0 Å². The van der Waals surface area contributed by atoms with Crippen molar-refractivity contribution in [1.82, 2.24) is 35.6 Å². The number of aromatic nitrogens is 5. The third-order valence-electron chi connectivity index (χ3n) is 4.87. The number of hydrogen-bond donors (Lipinski definition) is 2. The number of carbonyl (C=O) groups is 1. The number of nitrogens with one attached hydrogen (secondary N) is 2. The van der Waals surface area contributed by atoms with Crippen LogP contribution in [0.15, 0.2) is 24.4 Å². The molecule has 8 nitrogen and oxygen atoms in total. The van der Waals surface area contributed by atoms with E-state index in [1.54, 1.807) is 18.2 Å². The Hall–Kier alpha value is -2.87. The predicted octanol–water partition coefficient (Wildman–Crippen LogP) is 1.75. The average Bonchev–Trinajstić information content (AvgIpc) is 3.28. The molecule has 0 bridgehead atoms. The van der Waals surface area contributed by atoms with Crippen molar-refractivity contribution in [2.24, 2.45) is 0 Å². The van der Waals surface area contributed by atoms with Gasteiger partial charge in [-0.3, -0.25) is 9.69 Å². The molecular weight excluding hydrogens is 330 g/mol. The van der Waals surface area contributed by atoms with Gasteiger partial charge in [-0.15, -0.1) is 0 Å². The van der Waals surface area contributed by atoms with Crippen molar-refractivity contribution in [1.29, 1.82) is 0 Å². The van der Waals surface area contributed by atoms with Crippen LogP contribution in [0.2, 0.25) is 0 Å². The molecule has 26 heavy (non-hydrogen) atoms. The van der Waals surface area contributed by atoms with Crippen molar-refractivity contribution in [3.05, 3.63) is 47.0 Å². The number of H-pyrrole nitrogens is 1. The molecule has 8 heteroatoms. The van der Waals surface area contributed by atoms with E-state index in [1.165, 1.54) is 0 Å². The summed E-state index contributed by atoms with van der Waals surface area (Å²) in [6.07, 6.45) is 4.06. The average molecular weight is 351 g/mol. The van der Waals surface area contributed by atoms with Crippen molar-refractivity contribution in [3.8, 4) is 0 Å². The lowest BCUT2D eigenvalue weighted by Crippen LogP contribution is -2.26. The van der Waals surface area contributed by atoms with E-state index in [4.69, 9.17) is 0 Å². The molecule has 2 N–H and O–H groups in total. The first kappa shape index (κ1) is 16.6. The van der Waals surface area contributed by atoms with Crippen LogP contribution in [0.3, 0.4) is 0 Å². The van der Waals surface area contributed by atoms with Crippen LogP contribution in [0.5, 0.6) is 0 Å². The van der Waals surface area contributed by atoms with Gasteiger partial charge in [-0.05, 0) is 51.6 Å². The molecule has 2 aromatic heterocycles. The quantitative estimate of drug-likeness (QED) is 0.743. The number of hydrogen-bond acceptors (Lipinski definition) is 6. The van der Waals surface area contributed by atoms with Crippen LogP contribution in [0.4, 0.5) is 0 Å². The number of benzene rings is 1. The summed E-state index contributed by atoms with van der Waals surface area (Å²) >= 11 is 0. The molecule has 4 rings (SSSR count). The number of rotatable bonds is 4. The van der Waals surface area contributed by atoms with Gasteiger partial charge in [0.15, 0.2) is 0 Å². The first-order valence-corrected chi connectivity index (χ1v) is 8.73. The summed E-state index contributed by atoms with van der Waals surface area (Å²) in [5.41, 5.74) is 3.94. The molecule has 134 valence electrons. The first-order chi connectivity index (χ1) is 12.6. The van der Waals surface area contributed by atoms with Gasteiger partial charge in [0.1, 0.15) is 16.9 Å². The summed E-state index contributed by atoms with van der Waals surface area (Å²) in [5, 5.41) is 13.5. The van der Waals surface area contributed by atoms with Gasteiger partial charge >= 0.3 is 0 Å². The molecule has 0 radical (unpaired) electrons. The summed E-state index contributed by atoms with van der Waals surface area (Å²) < 4.78 is 0. The Morgan fingerprint density at radius 2 is 2.19 bits per heavy atom. The monoisotopic (exact) mass is 351 g/mol. The largest absolute Gasteiger partial charge is 0.348 e. The second-order valence-corrected chi connectivity index (χ2v) is 6.68. The third kappa shape index (κ3) is 3.15. The molecular formula is C18H21N7O. The Bertz CT molecular complexity index is 952. The van der Waals surface area contributed by atoms with E-state index in [-0.39, 0.29) is 11.9 Å². The minimum Gasteiger partial charge on any atom is -0.348 e. The van der Waals surface area contributed by atoms with E-state index < -0.39 is 0 Å². The fourth-order valence-electron chi connectivity index (χ4n) is 3.45. The minimum absolute atomic E-state index is 0.152. The highest BCUT2D eigenvalue weighted by atomic mass is 16.1. The first-order valence-electron chi connectivity index (χ1n) is 8.73. The maximum absolute atomic E-state index is 12.5. The van der Waals surface area contributed by atoms with Crippen LogP contribution >= 0.6 is 0 Å². The summed E-state index contributed by atoms with van der Waals surface area (Å²) in [5.74, 6) is 0.605. The molecule has 0 spiro atoms. The fourth-order valence-corrected chi connectivity index (χ4v) is 3.45. The molecule has 1 fully saturated rings. The zero-order chi connectivity index (χ0) is 18.1. The number of aryl methyl sites for hydroxylation is 1. The highest BCUT2D eigenvalue weighted by Gasteiger charge is 2.26. The lowest BCUT2D eigenvalue weighted by Gasteiger charge is -2.21. The molecule has 3 heterocycles. The van der Waals surface area contributed by atoms with Crippen LogP contribution in [-0.2, 0) is 6.54 Å². The van der Waals surface area contributed by atoms with Crippen LogP contribution in [0.1, 0.15) is 46.3 Å². The van der Waals surface area contributed by atoms with Crippen LogP contribution in [0, 0.1) is 6.92 Å². The highest BCUT2D eigenvalue weighted by Crippen LogP contribution is 2.31. The molecule has 0 saturated carbocycles. The number of amides is 1. The molecule has 1 atom stereocenters. The van der Waals surface area contributed by atoms with Gasteiger partial charge in [-0.2, -0.15) is 15.4 Å². The Morgan fingerprint density at radius 1 is 1.35 bits per heavy atom. The maximum atomic E-state index is 12.5. The number of aromatic amines is 1. The molecule has 3 aromatic rings. The molecule has 1 amide bonds. The third-order valence-corrected chi connectivity index (χ3v) is 4.87. The van der Waals surface area contributed by atoms with E-state index in [2.05, 4.69) is 42.6 Å². The normalized spacial score (nSPS) is 17.7. The SMILES string of the molecule is Cc1ncc(CNC(=O)c2ccc3n[nH]nc3c2)c([C@@H]2CCCN2C)n1.